The fourth-order valence-electron chi connectivity index (χ4n) is 0.956. The van der Waals surface area contributed by atoms with Crippen LogP contribution in [0, 0.1) is 11.8 Å². The molecule has 1 aliphatic rings. The van der Waals surface area contributed by atoms with E-state index in [1.54, 1.807) is 6.92 Å². The fourth-order valence-corrected chi connectivity index (χ4v) is 1.20. The summed E-state index contributed by atoms with van der Waals surface area (Å²) in [5, 5.41) is -0.428. The van der Waals surface area contributed by atoms with Crippen molar-refractivity contribution in [2.45, 2.75) is 13.3 Å². The molecular formula is C7H9ClO3. The first-order valence-electron chi connectivity index (χ1n) is 3.52. The third-order valence-electron chi connectivity index (χ3n) is 1.67. The first-order chi connectivity index (χ1) is 5.16. The molecule has 11 heavy (non-hydrogen) atoms. The van der Waals surface area contributed by atoms with Crippen molar-refractivity contribution in [2.24, 2.45) is 11.8 Å². The van der Waals surface area contributed by atoms with Gasteiger partial charge >= 0.3 is 5.97 Å². The smallest absolute Gasteiger partial charge is 0.309 e. The molecule has 1 saturated carbocycles. The Bertz CT molecular complexity index is 190. The van der Waals surface area contributed by atoms with Crippen molar-refractivity contribution in [3.63, 3.8) is 0 Å². The molecule has 0 radical (unpaired) electrons. The molecular weight excluding hydrogens is 168 g/mol. The van der Waals surface area contributed by atoms with Crippen LogP contribution in [0.1, 0.15) is 13.3 Å². The highest BCUT2D eigenvalue weighted by molar-refractivity contribution is 6.64. The van der Waals surface area contributed by atoms with Gasteiger partial charge in [-0.3, -0.25) is 9.59 Å². The standard InChI is InChI=1S/C7H9ClO3/c1-2-11-7(10)5-3-4(5)6(8)9/h4-5H,2-3H2,1H3/t4?,5-/m0/s1. The lowest BCUT2D eigenvalue weighted by molar-refractivity contribution is -0.145. The maximum Gasteiger partial charge on any atom is 0.309 e. The van der Waals surface area contributed by atoms with Crippen LogP contribution in [0.3, 0.4) is 0 Å². The quantitative estimate of drug-likeness (QED) is 0.475. The molecule has 0 N–H and O–H groups in total. The number of esters is 1. The van der Waals surface area contributed by atoms with Crippen LogP contribution in [0.25, 0.3) is 0 Å². The molecule has 0 heterocycles. The zero-order valence-electron chi connectivity index (χ0n) is 6.17. The molecule has 2 atom stereocenters. The molecule has 0 bridgehead atoms. The molecule has 0 aromatic rings. The number of carbonyl (C=O) groups is 2. The van der Waals surface area contributed by atoms with Crippen LogP contribution < -0.4 is 0 Å². The number of carbonyl (C=O) groups excluding carboxylic acids is 2. The normalized spacial score (nSPS) is 27.8. The zero-order valence-corrected chi connectivity index (χ0v) is 6.93. The summed E-state index contributed by atoms with van der Waals surface area (Å²) in [6.07, 6.45) is 0.557. The number of hydrogen-bond donors (Lipinski definition) is 0. The van der Waals surface area contributed by atoms with Crippen LogP contribution in [-0.2, 0) is 14.3 Å². The summed E-state index contributed by atoms with van der Waals surface area (Å²) >= 11 is 5.17. The second-order valence-electron chi connectivity index (χ2n) is 2.50. The van der Waals surface area contributed by atoms with Gasteiger partial charge in [-0.15, -0.1) is 0 Å². The van der Waals surface area contributed by atoms with E-state index in [4.69, 9.17) is 16.3 Å². The third-order valence-corrected chi connectivity index (χ3v) is 1.95. The molecule has 4 heteroatoms. The van der Waals surface area contributed by atoms with Gasteiger partial charge in [0.2, 0.25) is 5.24 Å². The van der Waals surface area contributed by atoms with Gasteiger partial charge in [0.05, 0.1) is 12.5 Å². The summed E-state index contributed by atoms with van der Waals surface area (Å²) in [6.45, 7) is 2.09. The molecule has 1 aliphatic carbocycles. The summed E-state index contributed by atoms with van der Waals surface area (Å²) < 4.78 is 4.70. The van der Waals surface area contributed by atoms with Crippen LogP contribution in [0.4, 0.5) is 0 Å². The Balaban J connectivity index is 2.32. The van der Waals surface area contributed by atoms with E-state index in [1.165, 1.54) is 0 Å². The molecule has 62 valence electrons. The SMILES string of the molecule is CCOC(=O)[C@H]1CC1C(=O)Cl. The van der Waals surface area contributed by atoms with Crippen molar-refractivity contribution in [3.8, 4) is 0 Å². The fraction of sp³-hybridized carbons (Fsp3) is 0.714. The summed E-state index contributed by atoms with van der Waals surface area (Å²) in [7, 11) is 0. The van der Waals surface area contributed by atoms with Crippen LogP contribution in [0.2, 0.25) is 0 Å². The highest BCUT2D eigenvalue weighted by Gasteiger charge is 2.48. The maximum atomic E-state index is 10.9. The topological polar surface area (TPSA) is 43.4 Å². The van der Waals surface area contributed by atoms with Gasteiger partial charge < -0.3 is 4.74 Å². The average molecular weight is 177 g/mol. The van der Waals surface area contributed by atoms with E-state index in [9.17, 15) is 9.59 Å². The third kappa shape index (κ3) is 1.93. The van der Waals surface area contributed by atoms with Gasteiger partial charge in [-0.05, 0) is 24.9 Å². The van der Waals surface area contributed by atoms with Gasteiger partial charge in [0.15, 0.2) is 0 Å². The Morgan fingerprint density at radius 1 is 1.55 bits per heavy atom. The van der Waals surface area contributed by atoms with Crippen molar-refractivity contribution in [2.75, 3.05) is 6.61 Å². The number of hydrogen-bond acceptors (Lipinski definition) is 3. The van der Waals surface area contributed by atoms with E-state index in [0.29, 0.717) is 13.0 Å². The molecule has 0 aliphatic heterocycles. The zero-order chi connectivity index (χ0) is 8.43. The second-order valence-corrected chi connectivity index (χ2v) is 2.88. The van der Waals surface area contributed by atoms with E-state index >= 15 is 0 Å². The van der Waals surface area contributed by atoms with Crippen molar-refractivity contribution in [1.82, 2.24) is 0 Å². The van der Waals surface area contributed by atoms with Crippen molar-refractivity contribution >= 4 is 22.8 Å². The maximum absolute atomic E-state index is 10.9. The molecule has 0 aromatic heterocycles. The molecule has 0 amide bonds. The second kappa shape index (κ2) is 3.22. The monoisotopic (exact) mass is 176 g/mol. The van der Waals surface area contributed by atoms with Crippen molar-refractivity contribution in [3.05, 3.63) is 0 Å². The number of ether oxygens (including phenoxy) is 1. The highest BCUT2D eigenvalue weighted by atomic mass is 35.5. The van der Waals surface area contributed by atoms with Crippen LogP contribution in [0.5, 0.6) is 0 Å². The van der Waals surface area contributed by atoms with Gasteiger partial charge in [0.25, 0.3) is 0 Å². The minimum atomic E-state index is -0.428. The average Bonchev–Trinajstić information content (AvgIpc) is 2.65. The lowest BCUT2D eigenvalue weighted by atomic mass is 10.3. The molecule has 3 nitrogen and oxygen atoms in total. The minimum Gasteiger partial charge on any atom is -0.466 e. The highest BCUT2D eigenvalue weighted by Crippen LogP contribution is 2.40. The van der Waals surface area contributed by atoms with E-state index in [-0.39, 0.29) is 17.8 Å². The first-order valence-corrected chi connectivity index (χ1v) is 3.90. The van der Waals surface area contributed by atoms with Gasteiger partial charge in [-0.1, -0.05) is 0 Å². The Labute approximate surface area is 69.7 Å². The predicted octanol–water partition coefficient (Wildman–Crippen LogP) is 0.951. The lowest BCUT2D eigenvalue weighted by Crippen LogP contribution is -2.09. The van der Waals surface area contributed by atoms with Gasteiger partial charge in [0, 0.05) is 5.92 Å². The van der Waals surface area contributed by atoms with E-state index in [0.717, 1.165) is 0 Å². The Morgan fingerprint density at radius 2 is 2.18 bits per heavy atom. The van der Waals surface area contributed by atoms with E-state index < -0.39 is 5.24 Å². The molecule has 0 spiro atoms. The number of rotatable bonds is 3. The Hall–Kier alpha value is -0.570. The van der Waals surface area contributed by atoms with E-state index in [2.05, 4.69) is 0 Å². The van der Waals surface area contributed by atoms with Crippen molar-refractivity contribution in [1.29, 1.82) is 0 Å². The Kier molecular flexibility index (Phi) is 2.49. The van der Waals surface area contributed by atoms with E-state index in [1.807, 2.05) is 0 Å². The van der Waals surface area contributed by atoms with Gasteiger partial charge in [0.1, 0.15) is 0 Å². The van der Waals surface area contributed by atoms with Crippen molar-refractivity contribution < 1.29 is 14.3 Å². The van der Waals surface area contributed by atoms with Crippen LogP contribution in [-0.4, -0.2) is 17.8 Å². The summed E-state index contributed by atoms with van der Waals surface area (Å²) in [5.41, 5.74) is 0. The molecule has 1 fully saturated rings. The minimum absolute atomic E-state index is 0.264. The van der Waals surface area contributed by atoms with Gasteiger partial charge in [-0.25, -0.2) is 0 Å². The molecule has 0 saturated heterocycles. The van der Waals surface area contributed by atoms with Crippen LogP contribution in [0.15, 0.2) is 0 Å². The molecule has 1 rings (SSSR count). The molecule has 1 unspecified atom stereocenters. The number of halogens is 1. The summed E-state index contributed by atoms with van der Waals surface area (Å²) in [5.74, 6) is -0.845. The van der Waals surface area contributed by atoms with Gasteiger partial charge in [-0.2, -0.15) is 0 Å². The summed E-state index contributed by atoms with van der Waals surface area (Å²) in [4.78, 5) is 21.4. The van der Waals surface area contributed by atoms with Crippen LogP contribution >= 0.6 is 11.6 Å². The molecule has 0 aromatic carbocycles. The summed E-state index contributed by atoms with van der Waals surface area (Å²) in [6, 6.07) is 0. The Morgan fingerprint density at radius 3 is 2.55 bits per heavy atom. The predicted molar refractivity (Wildman–Crippen MR) is 39.1 cm³/mol. The first kappa shape index (κ1) is 8.53. The lowest BCUT2D eigenvalue weighted by Gasteiger charge is -1.97. The largest absolute Gasteiger partial charge is 0.466 e.